The minimum absolute atomic E-state index is 0.114. The fourth-order valence-corrected chi connectivity index (χ4v) is 3.12. The van der Waals surface area contributed by atoms with Crippen molar-refractivity contribution in [1.29, 1.82) is 0 Å². The van der Waals surface area contributed by atoms with Crippen LogP contribution in [0.4, 0.5) is 0 Å². The molecule has 2 heterocycles. The van der Waals surface area contributed by atoms with E-state index < -0.39 is 12.0 Å². The summed E-state index contributed by atoms with van der Waals surface area (Å²) in [7, 11) is 0. The third kappa shape index (κ3) is 4.70. The number of morpholine rings is 1. The molecule has 2 aliphatic heterocycles. The highest BCUT2D eigenvalue weighted by atomic mass is 16.5. The number of benzene rings is 1. The summed E-state index contributed by atoms with van der Waals surface area (Å²) in [4.78, 5) is 25.3. The summed E-state index contributed by atoms with van der Waals surface area (Å²) in [6.45, 7) is 2.50. The standard InChI is InChI=1S/C18H23NO6/c20-17(21)11-14-12-24-10-7-19(14)18(22)13-1-3-15(4-2-13)25-16-5-8-23-9-6-16/h1-4,14,16H,5-12H2,(H,20,21). The van der Waals surface area contributed by atoms with Gasteiger partial charge >= 0.3 is 5.97 Å². The van der Waals surface area contributed by atoms with Crippen molar-refractivity contribution in [2.45, 2.75) is 31.4 Å². The average Bonchev–Trinajstić information content (AvgIpc) is 2.63. The lowest BCUT2D eigenvalue weighted by atomic mass is 10.1. The van der Waals surface area contributed by atoms with Gasteiger partial charge in [-0.25, -0.2) is 0 Å². The van der Waals surface area contributed by atoms with Crippen molar-refractivity contribution >= 4 is 11.9 Å². The van der Waals surface area contributed by atoms with Crippen molar-refractivity contribution in [3.8, 4) is 5.75 Å². The van der Waals surface area contributed by atoms with Crippen molar-refractivity contribution in [2.24, 2.45) is 0 Å². The topological polar surface area (TPSA) is 85.3 Å². The van der Waals surface area contributed by atoms with Crippen LogP contribution in [0.1, 0.15) is 29.6 Å². The van der Waals surface area contributed by atoms with Crippen LogP contribution in [0.2, 0.25) is 0 Å². The van der Waals surface area contributed by atoms with Gasteiger partial charge in [-0.3, -0.25) is 9.59 Å². The molecule has 0 saturated carbocycles. The molecule has 7 heteroatoms. The number of carboxylic acids is 1. The molecule has 0 aliphatic carbocycles. The number of carboxylic acid groups (broad SMARTS) is 1. The second-order valence-electron chi connectivity index (χ2n) is 6.28. The summed E-state index contributed by atoms with van der Waals surface area (Å²) in [5.74, 6) is -0.381. The van der Waals surface area contributed by atoms with Crippen LogP contribution in [0.25, 0.3) is 0 Å². The second-order valence-corrected chi connectivity index (χ2v) is 6.28. The van der Waals surface area contributed by atoms with Gasteiger partial charge in [-0.2, -0.15) is 0 Å². The Morgan fingerprint density at radius 1 is 1.12 bits per heavy atom. The molecule has 1 aromatic carbocycles. The van der Waals surface area contributed by atoms with Crippen LogP contribution in [-0.4, -0.2) is 67.0 Å². The monoisotopic (exact) mass is 349 g/mol. The molecule has 2 saturated heterocycles. The zero-order valence-corrected chi connectivity index (χ0v) is 14.1. The van der Waals surface area contributed by atoms with Gasteiger partial charge in [0.25, 0.3) is 5.91 Å². The number of hydrogen-bond acceptors (Lipinski definition) is 5. The van der Waals surface area contributed by atoms with Crippen LogP contribution in [0.3, 0.4) is 0 Å². The first-order valence-electron chi connectivity index (χ1n) is 8.58. The van der Waals surface area contributed by atoms with Crippen LogP contribution in [0.5, 0.6) is 5.75 Å². The van der Waals surface area contributed by atoms with Crippen molar-refractivity contribution < 1.29 is 28.9 Å². The molecule has 7 nitrogen and oxygen atoms in total. The van der Waals surface area contributed by atoms with E-state index in [0.717, 1.165) is 18.6 Å². The lowest BCUT2D eigenvalue weighted by Gasteiger charge is -2.35. The molecule has 0 radical (unpaired) electrons. The molecule has 1 unspecified atom stereocenters. The normalized spacial score (nSPS) is 21.8. The van der Waals surface area contributed by atoms with Gasteiger partial charge < -0.3 is 24.2 Å². The largest absolute Gasteiger partial charge is 0.490 e. The number of carbonyl (C=O) groups is 2. The van der Waals surface area contributed by atoms with Gasteiger partial charge in [0.2, 0.25) is 0 Å². The molecular weight excluding hydrogens is 326 g/mol. The Morgan fingerprint density at radius 2 is 1.84 bits per heavy atom. The van der Waals surface area contributed by atoms with E-state index in [1.165, 1.54) is 0 Å². The predicted molar refractivity (Wildman–Crippen MR) is 88.8 cm³/mol. The summed E-state index contributed by atoms with van der Waals surface area (Å²) >= 11 is 0. The third-order valence-corrected chi connectivity index (χ3v) is 4.47. The summed E-state index contributed by atoms with van der Waals surface area (Å²) in [5, 5.41) is 9.01. The Balaban J connectivity index is 1.63. The molecule has 1 atom stereocenters. The molecule has 136 valence electrons. The van der Waals surface area contributed by atoms with Gasteiger partial charge in [0.15, 0.2) is 0 Å². The van der Waals surface area contributed by atoms with Crippen molar-refractivity contribution in [2.75, 3.05) is 33.0 Å². The summed E-state index contributed by atoms with van der Waals surface area (Å²) in [5.41, 5.74) is 0.525. The van der Waals surface area contributed by atoms with E-state index in [1.807, 2.05) is 0 Å². The molecule has 1 aromatic rings. The lowest BCUT2D eigenvalue weighted by molar-refractivity contribution is -0.139. The second kappa shape index (κ2) is 8.31. The maximum absolute atomic E-state index is 12.7. The number of rotatable bonds is 5. The minimum atomic E-state index is -0.937. The lowest BCUT2D eigenvalue weighted by Crippen LogP contribution is -2.49. The van der Waals surface area contributed by atoms with Crippen LogP contribution >= 0.6 is 0 Å². The zero-order valence-electron chi connectivity index (χ0n) is 14.1. The Bertz CT molecular complexity index is 596. The number of nitrogens with zero attached hydrogens (tertiary/aromatic N) is 1. The van der Waals surface area contributed by atoms with E-state index in [9.17, 15) is 9.59 Å². The van der Waals surface area contributed by atoms with Crippen molar-refractivity contribution in [1.82, 2.24) is 4.90 Å². The molecule has 2 fully saturated rings. The highest BCUT2D eigenvalue weighted by molar-refractivity contribution is 5.94. The molecule has 25 heavy (non-hydrogen) atoms. The number of amides is 1. The van der Waals surface area contributed by atoms with Crippen LogP contribution < -0.4 is 4.74 Å². The summed E-state index contributed by atoms with van der Waals surface area (Å²) in [6, 6.07) is 6.59. The molecule has 2 aliphatic rings. The number of carbonyl (C=O) groups excluding carboxylic acids is 1. The Morgan fingerprint density at radius 3 is 2.52 bits per heavy atom. The SMILES string of the molecule is O=C(O)CC1COCCN1C(=O)c1ccc(OC2CCOCC2)cc1. The first-order valence-corrected chi connectivity index (χ1v) is 8.58. The van der Waals surface area contributed by atoms with E-state index in [0.29, 0.717) is 31.9 Å². The molecular formula is C18H23NO6. The highest BCUT2D eigenvalue weighted by Gasteiger charge is 2.29. The van der Waals surface area contributed by atoms with Gasteiger partial charge in [-0.15, -0.1) is 0 Å². The molecule has 1 amide bonds. The maximum atomic E-state index is 12.7. The average molecular weight is 349 g/mol. The van der Waals surface area contributed by atoms with E-state index in [2.05, 4.69) is 0 Å². The first kappa shape index (κ1) is 17.7. The van der Waals surface area contributed by atoms with Crippen LogP contribution in [0, 0.1) is 0 Å². The third-order valence-electron chi connectivity index (χ3n) is 4.47. The van der Waals surface area contributed by atoms with E-state index >= 15 is 0 Å². The van der Waals surface area contributed by atoms with Crippen molar-refractivity contribution in [3.05, 3.63) is 29.8 Å². The molecule has 1 N–H and O–H groups in total. The van der Waals surface area contributed by atoms with E-state index in [1.54, 1.807) is 29.2 Å². The van der Waals surface area contributed by atoms with Gasteiger partial charge in [0.1, 0.15) is 11.9 Å². The molecule has 0 spiro atoms. The highest BCUT2D eigenvalue weighted by Crippen LogP contribution is 2.21. The molecule has 3 rings (SSSR count). The Hall–Kier alpha value is -2.12. The van der Waals surface area contributed by atoms with E-state index in [-0.39, 0.29) is 25.0 Å². The first-order chi connectivity index (χ1) is 12.1. The Kier molecular flexibility index (Phi) is 5.88. The van der Waals surface area contributed by atoms with Crippen LogP contribution in [-0.2, 0) is 14.3 Å². The predicted octanol–water partition coefficient (Wildman–Crippen LogP) is 1.56. The zero-order chi connectivity index (χ0) is 17.6. The fraction of sp³-hybridized carbons (Fsp3) is 0.556. The number of ether oxygens (including phenoxy) is 3. The number of hydrogen-bond donors (Lipinski definition) is 1. The van der Waals surface area contributed by atoms with Gasteiger partial charge in [-0.1, -0.05) is 0 Å². The van der Waals surface area contributed by atoms with Gasteiger partial charge in [0, 0.05) is 24.9 Å². The molecule has 0 bridgehead atoms. The summed E-state index contributed by atoms with van der Waals surface area (Å²) in [6.07, 6.45) is 1.77. The quantitative estimate of drug-likeness (QED) is 0.868. The molecule has 0 aromatic heterocycles. The van der Waals surface area contributed by atoms with Crippen LogP contribution in [0.15, 0.2) is 24.3 Å². The van der Waals surface area contributed by atoms with Gasteiger partial charge in [-0.05, 0) is 24.3 Å². The number of aliphatic carboxylic acids is 1. The van der Waals surface area contributed by atoms with Gasteiger partial charge in [0.05, 0.1) is 38.9 Å². The minimum Gasteiger partial charge on any atom is -0.490 e. The smallest absolute Gasteiger partial charge is 0.305 e. The Labute approximate surface area is 146 Å². The maximum Gasteiger partial charge on any atom is 0.305 e. The summed E-state index contributed by atoms with van der Waals surface area (Å²) < 4.78 is 16.5. The van der Waals surface area contributed by atoms with Crippen molar-refractivity contribution in [3.63, 3.8) is 0 Å². The fourth-order valence-electron chi connectivity index (χ4n) is 3.12. The van der Waals surface area contributed by atoms with E-state index in [4.69, 9.17) is 19.3 Å².